The van der Waals surface area contributed by atoms with Gasteiger partial charge in [0.05, 0.1) is 0 Å². The van der Waals surface area contributed by atoms with E-state index in [1.165, 1.54) is 18.7 Å². The molecule has 0 amide bonds. The average molecular weight is 313 g/mol. The molecule has 0 saturated carbocycles. The molecule has 1 heterocycles. The van der Waals surface area contributed by atoms with Gasteiger partial charge in [0, 0.05) is 32.7 Å². The summed E-state index contributed by atoms with van der Waals surface area (Å²) in [5.74, 6) is 0.992. The summed E-state index contributed by atoms with van der Waals surface area (Å²) in [6.45, 7) is 13.1. The van der Waals surface area contributed by atoms with Crippen LogP contribution in [0.1, 0.15) is 26.3 Å². The zero-order valence-corrected chi connectivity index (χ0v) is 14.6. The molecule has 0 atom stereocenters. The molecule has 21 heavy (non-hydrogen) atoms. The van der Waals surface area contributed by atoms with Gasteiger partial charge in [0.25, 0.3) is 0 Å². The van der Waals surface area contributed by atoms with Gasteiger partial charge in [-0.15, -0.1) is 12.4 Å². The molecule has 0 bridgehead atoms. The number of likely N-dealkylation sites (N-methyl/N-ethyl adjacent to an activating group) is 1. The Balaban J connectivity index is 0.00000220. The Kier molecular flexibility index (Phi) is 6.98. The molecule has 120 valence electrons. The molecular formula is C17H29ClN2O. The second kappa shape index (κ2) is 8.02. The van der Waals surface area contributed by atoms with E-state index < -0.39 is 0 Å². The fourth-order valence-corrected chi connectivity index (χ4v) is 2.42. The van der Waals surface area contributed by atoms with Crippen LogP contribution in [0.2, 0.25) is 0 Å². The van der Waals surface area contributed by atoms with Crippen molar-refractivity contribution in [1.82, 2.24) is 9.80 Å². The van der Waals surface area contributed by atoms with E-state index in [-0.39, 0.29) is 17.8 Å². The third-order valence-corrected chi connectivity index (χ3v) is 3.97. The summed E-state index contributed by atoms with van der Waals surface area (Å²) in [6.07, 6.45) is 0. The van der Waals surface area contributed by atoms with E-state index in [0.29, 0.717) is 0 Å². The van der Waals surface area contributed by atoms with Crippen LogP contribution in [-0.2, 0) is 5.41 Å². The van der Waals surface area contributed by atoms with Crippen LogP contribution >= 0.6 is 12.4 Å². The number of hydrogen-bond donors (Lipinski definition) is 0. The lowest BCUT2D eigenvalue weighted by molar-refractivity contribution is 0.133. The molecule has 0 aliphatic carbocycles. The smallest absolute Gasteiger partial charge is 0.119 e. The third-order valence-electron chi connectivity index (χ3n) is 3.97. The number of benzene rings is 1. The Hall–Kier alpha value is -0.770. The molecule has 1 aliphatic heterocycles. The van der Waals surface area contributed by atoms with E-state index >= 15 is 0 Å². The summed E-state index contributed by atoms with van der Waals surface area (Å²) in [6, 6.07) is 8.49. The Morgan fingerprint density at radius 2 is 1.76 bits per heavy atom. The van der Waals surface area contributed by atoms with E-state index in [1.807, 2.05) is 0 Å². The summed E-state index contributed by atoms with van der Waals surface area (Å²) < 4.78 is 5.92. The average Bonchev–Trinajstić information content (AvgIpc) is 2.40. The molecule has 1 fully saturated rings. The first kappa shape index (κ1) is 18.3. The van der Waals surface area contributed by atoms with Crippen LogP contribution in [0, 0.1) is 0 Å². The minimum Gasteiger partial charge on any atom is -0.492 e. The van der Waals surface area contributed by atoms with Crippen LogP contribution in [0.3, 0.4) is 0 Å². The fourth-order valence-electron chi connectivity index (χ4n) is 2.42. The van der Waals surface area contributed by atoms with Crippen LogP contribution in [0.5, 0.6) is 5.75 Å². The highest BCUT2D eigenvalue weighted by molar-refractivity contribution is 5.85. The van der Waals surface area contributed by atoms with Crippen molar-refractivity contribution in [2.45, 2.75) is 26.2 Å². The molecule has 4 heteroatoms. The minimum absolute atomic E-state index is 0. The van der Waals surface area contributed by atoms with Crippen molar-refractivity contribution in [2.75, 3.05) is 46.4 Å². The Bertz CT molecular complexity index is 423. The number of rotatable bonds is 4. The van der Waals surface area contributed by atoms with E-state index in [4.69, 9.17) is 4.74 Å². The largest absolute Gasteiger partial charge is 0.492 e. The van der Waals surface area contributed by atoms with Crippen molar-refractivity contribution in [2.24, 2.45) is 0 Å². The van der Waals surface area contributed by atoms with Crippen molar-refractivity contribution in [1.29, 1.82) is 0 Å². The molecule has 2 rings (SSSR count). The molecule has 1 aromatic carbocycles. The molecule has 0 unspecified atom stereocenters. The van der Waals surface area contributed by atoms with Crippen molar-refractivity contribution in [3.05, 3.63) is 29.8 Å². The predicted molar refractivity (Wildman–Crippen MR) is 91.8 cm³/mol. The van der Waals surface area contributed by atoms with Gasteiger partial charge in [0.1, 0.15) is 12.4 Å². The highest BCUT2D eigenvalue weighted by Crippen LogP contribution is 2.25. The lowest BCUT2D eigenvalue weighted by Gasteiger charge is -2.32. The molecule has 1 aromatic rings. The molecule has 0 spiro atoms. The maximum absolute atomic E-state index is 5.92. The zero-order chi connectivity index (χ0) is 14.6. The van der Waals surface area contributed by atoms with Gasteiger partial charge in [-0.2, -0.15) is 0 Å². The van der Waals surface area contributed by atoms with Crippen LogP contribution in [0.15, 0.2) is 24.3 Å². The summed E-state index contributed by atoms with van der Waals surface area (Å²) in [5.41, 5.74) is 1.51. The molecular weight excluding hydrogens is 284 g/mol. The molecule has 1 aliphatic rings. The predicted octanol–water partition coefficient (Wildman–Crippen LogP) is 3.03. The Morgan fingerprint density at radius 1 is 1.10 bits per heavy atom. The fraction of sp³-hybridized carbons (Fsp3) is 0.647. The van der Waals surface area contributed by atoms with E-state index in [9.17, 15) is 0 Å². The third kappa shape index (κ3) is 5.85. The molecule has 0 radical (unpaired) electrons. The van der Waals surface area contributed by atoms with Crippen molar-refractivity contribution in [3.8, 4) is 5.75 Å². The van der Waals surface area contributed by atoms with E-state index in [2.05, 4.69) is 61.9 Å². The lowest BCUT2D eigenvalue weighted by Crippen LogP contribution is -2.45. The standard InChI is InChI=1S/C17H28N2O.ClH/c1-17(2,3)15-6-5-7-16(14-15)20-13-12-19-10-8-18(4)9-11-19;/h5-7,14H,8-13H2,1-4H3;1H. The second-order valence-corrected chi connectivity index (χ2v) is 6.77. The molecule has 1 saturated heterocycles. The molecule has 0 N–H and O–H groups in total. The number of nitrogens with zero attached hydrogens (tertiary/aromatic N) is 2. The van der Waals surface area contributed by atoms with Gasteiger partial charge in [0.2, 0.25) is 0 Å². The van der Waals surface area contributed by atoms with Crippen molar-refractivity contribution in [3.63, 3.8) is 0 Å². The first-order valence-electron chi connectivity index (χ1n) is 7.59. The summed E-state index contributed by atoms with van der Waals surface area (Å²) in [4.78, 5) is 4.86. The normalized spacial score (nSPS) is 17.3. The number of piperazine rings is 1. The van der Waals surface area contributed by atoms with E-state index in [1.54, 1.807) is 0 Å². The topological polar surface area (TPSA) is 15.7 Å². The molecule has 3 nitrogen and oxygen atoms in total. The quantitative estimate of drug-likeness (QED) is 0.850. The second-order valence-electron chi connectivity index (χ2n) is 6.77. The first-order valence-corrected chi connectivity index (χ1v) is 7.59. The maximum atomic E-state index is 5.92. The SMILES string of the molecule is CN1CCN(CCOc2cccc(C(C)(C)C)c2)CC1.Cl. The maximum Gasteiger partial charge on any atom is 0.119 e. The van der Waals surface area contributed by atoms with Crippen LogP contribution < -0.4 is 4.74 Å². The monoisotopic (exact) mass is 312 g/mol. The summed E-state index contributed by atoms with van der Waals surface area (Å²) >= 11 is 0. The number of halogens is 1. The van der Waals surface area contributed by atoms with Gasteiger partial charge < -0.3 is 9.64 Å². The van der Waals surface area contributed by atoms with Crippen LogP contribution in [0.25, 0.3) is 0 Å². The molecule has 0 aromatic heterocycles. The lowest BCUT2D eigenvalue weighted by atomic mass is 9.87. The van der Waals surface area contributed by atoms with Gasteiger partial charge in [0.15, 0.2) is 0 Å². The van der Waals surface area contributed by atoms with Gasteiger partial charge in [-0.3, -0.25) is 4.90 Å². The highest BCUT2D eigenvalue weighted by Gasteiger charge is 2.15. The summed E-state index contributed by atoms with van der Waals surface area (Å²) in [5, 5.41) is 0. The Morgan fingerprint density at radius 3 is 2.38 bits per heavy atom. The van der Waals surface area contributed by atoms with Crippen molar-refractivity contribution < 1.29 is 4.74 Å². The van der Waals surface area contributed by atoms with E-state index in [0.717, 1.165) is 32.0 Å². The Labute approximate surface area is 135 Å². The van der Waals surface area contributed by atoms with Crippen LogP contribution in [0.4, 0.5) is 0 Å². The van der Waals surface area contributed by atoms with Gasteiger partial charge in [-0.05, 0) is 30.2 Å². The number of hydrogen-bond acceptors (Lipinski definition) is 3. The number of ether oxygens (including phenoxy) is 1. The first-order chi connectivity index (χ1) is 9.45. The van der Waals surface area contributed by atoms with Gasteiger partial charge in [-0.25, -0.2) is 0 Å². The minimum atomic E-state index is 0. The summed E-state index contributed by atoms with van der Waals surface area (Å²) in [7, 11) is 2.19. The van der Waals surface area contributed by atoms with Crippen molar-refractivity contribution >= 4 is 12.4 Å². The zero-order valence-electron chi connectivity index (χ0n) is 13.8. The van der Waals surface area contributed by atoms with Gasteiger partial charge in [-0.1, -0.05) is 32.9 Å². The van der Waals surface area contributed by atoms with Gasteiger partial charge >= 0.3 is 0 Å². The van der Waals surface area contributed by atoms with Crippen LogP contribution in [-0.4, -0.2) is 56.2 Å². The highest BCUT2D eigenvalue weighted by atomic mass is 35.5.